The normalized spacial score (nSPS) is 19.7. The maximum Gasteiger partial charge on any atom is 0.150 e. The first kappa shape index (κ1) is 15.6. The Bertz CT molecular complexity index is 551. The number of aldehydes is 1. The summed E-state index contributed by atoms with van der Waals surface area (Å²) >= 11 is 0. The van der Waals surface area contributed by atoms with Crippen LogP contribution in [0.3, 0.4) is 0 Å². The van der Waals surface area contributed by atoms with Crippen LogP contribution in [-0.4, -0.2) is 19.4 Å². The van der Waals surface area contributed by atoms with Gasteiger partial charge in [-0.2, -0.15) is 5.26 Å². The van der Waals surface area contributed by atoms with E-state index >= 15 is 0 Å². The van der Waals surface area contributed by atoms with E-state index in [0.717, 1.165) is 43.8 Å². The fourth-order valence-corrected chi connectivity index (χ4v) is 3.20. The van der Waals surface area contributed by atoms with Gasteiger partial charge in [-0.3, -0.25) is 4.79 Å². The van der Waals surface area contributed by atoms with Crippen molar-refractivity contribution in [3.05, 3.63) is 29.3 Å². The van der Waals surface area contributed by atoms with Gasteiger partial charge in [0.2, 0.25) is 0 Å². The molecule has 2 rings (SSSR count). The molecule has 0 bridgehead atoms. The van der Waals surface area contributed by atoms with Gasteiger partial charge in [-0.15, -0.1) is 0 Å². The molecule has 0 aliphatic carbocycles. The summed E-state index contributed by atoms with van der Waals surface area (Å²) in [5.41, 5.74) is 2.49. The predicted molar refractivity (Wildman–Crippen MR) is 85.6 cm³/mol. The number of hydrogen-bond acceptors (Lipinski definition) is 3. The lowest BCUT2D eigenvalue weighted by Gasteiger charge is -2.30. The number of hydrogen-bond donors (Lipinski definition) is 0. The lowest BCUT2D eigenvalue weighted by Crippen LogP contribution is -2.26. The highest BCUT2D eigenvalue weighted by Crippen LogP contribution is 2.35. The molecular weight excluding hydrogens is 260 g/mol. The minimum absolute atomic E-state index is 0.343. The van der Waals surface area contributed by atoms with Crippen molar-refractivity contribution in [2.75, 3.05) is 18.0 Å². The lowest BCUT2D eigenvalue weighted by atomic mass is 9.77. The Labute approximate surface area is 127 Å². The third-order valence-electron chi connectivity index (χ3n) is 4.57. The highest BCUT2D eigenvalue weighted by atomic mass is 16.1. The minimum Gasteiger partial charge on any atom is -0.370 e. The summed E-state index contributed by atoms with van der Waals surface area (Å²) in [6.07, 6.45) is 4.35. The van der Waals surface area contributed by atoms with Gasteiger partial charge in [0.1, 0.15) is 12.4 Å². The lowest BCUT2D eigenvalue weighted by molar-refractivity contribution is 0.112. The highest BCUT2D eigenvalue weighted by Gasteiger charge is 2.27. The van der Waals surface area contributed by atoms with Crippen LogP contribution in [0.1, 0.15) is 56.0 Å². The third-order valence-corrected chi connectivity index (χ3v) is 4.57. The molecule has 0 radical (unpaired) electrons. The molecule has 1 heterocycles. The van der Waals surface area contributed by atoms with Gasteiger partial charge in [0.25, 0.3) is 0 Å². The molecule has 1 fully saturated rings. The number of rotatable bonds is 2. The zero-order chi connectivity index (χ0) is 15.5. The predicted octanol–water partition coefficient (Wildman–Crippen LogP) is 4.02. The van der Waals surface area contributed by atoms with Crippen LogP contribution in [0.5, 0.6) is 0 Å². The van der Waals surface area contributed by atoms with E-state index in [0.29, 0.717) is 16.5 Å². The maximum absolute atomic E-state index is 10.8. The number of benzene rings is 1. The molecule has 112 valence electrons. The molecule has 1 aromatic carbocycles. The number of carbonyl (C=O) groups is 1. The van der Waals surface area contributed by atoms with Crippen molar-refractivity contribution in [2.45, 2.75) is 40.0 Å². The number of anilines is 1. The SMILES string of the molecule is CC(C)(C)C1CCCN(c2ccc(C=O)cc2C#N)CC1. The Hall–Kier alpha value is -1.82. The molecule has 1 aromatic rings. The van der Waals surface area contributed by atoms with Gasteiger partial charge in [0, 0.05) is 18.7 Å². The molecule has 1 aliphatic heterocycles. The molecule has 0 saturated carbocycles. The van der Waals surface area contributed by atoms with Gasteiger partial charge in [-0.25, -0.2) is 0 Å². The van der Waals surface area contributed by atoms with Crippen LogP contribution < -0.4 is 4.90 Å². The molecule has 1 unspecified atom stereocenters. The average molecular weight is 284 g/mol. The first-order valence-corrected chi connectivity index (χ1v) is 7.70. The van der Waals surface area contributed by atoms with E-state index in [2.05, 4.69) is 31.7 Å². The summed E-state index contributed by atoms with van der Waals surface area (Å²) < 4.78 is 0. The minimum atomic E-state index is 0.343. The molecule has 0 amide bonds. The zero-order valence-corrected chi connectivity index (χ0v) is 13.2. The largest absolute Gasteiger partial charge is 0.370 e. The second-order valence-corrected chi connectivity index (χ2v) is 6.99. The van der Waals surface area contributed by atoms with Gasteiger partial charge in [0.05, 0.1) is 11.3 Å². The quantitative estimate of drug-likeness (QED) is 0.770. The fourth-order valence-electron chi connectivity index (χ4n) is 3.20. The molecule has 0 aromatic heterocycles. The number of nitriles is 1. The summed E-state index contributed by atoms with van der Waals surface area (Å²) in [4.78, 5) is 13.2. The molecule has 1 saturated heterocycles. The summed E-state index contributed by atoms with van der Waals surface area (Å²) in [7, 11) is 0. The van der Waals surface area contributed by atoms with E-state index < -0.39 is 0 Å². The van der Waals surface area contributed by atoms with E-state index in [-0.39, 0.29) is 0 Å². The van der Waals surface area contributed by atoms with Crippen LogP contribution in [0.4, 0.5) is 5.69 Å². The van der Waals surface area contributed by atoms with E-state index in [1.165, 1.54) is 6.42 Å². The van der Waals surface area contributed by atoms with Crippen LogP contribution in [0, 0.1) is 22.7 Å². The van der Waals surface area contributed by atoms with Crippen LogP contribution in [0.25, 0.3) is 0 Å². The Morgan fingerprint density at radius 3 is 2.67 bits per heavy atom. The second-order valence-electron chi connectivity index (χ2n) is 6.99. The molecule has 3 heteroatoms. The van der Waals surface area contributed by atoms with Crippen molar-refractivity contribution in [3.8, 4) is 6.07 Å². The first-order chi connectivity index (χ1) is 9.95. The van der Waals surface area contributed by atoms with E-state index in [1.54, 1.807) is 12.1 Å². The Morgan fingerprint density at radius 1 is 1.29 bits per heavy atom. The van der Waals surface area contributed by atoms with Gasteiger partial charge >= 0.3 is 0 Å². The average Bonchev–Trinajstić information content (AvgIpc) is 2.72. The van der Waals surface area contributed by atoms with Crippen molar-refractivity contribution < 1.29 is 4.79 Å². The molecule has 0 spiro atoms. The van der Waals surface area contributed by atoms with Gasteiger partial charge in [-0.1, -0.05) is 20.8 Å². The van der Waals surface area contributed by atoms with Crippen LogP contribution in [-0.2, 0) is 0 Å². The standard InChI is InChI=1S/C18H24N2O/c1-18(2,3)16-5-4-9-20(10-8-16)17-7-6-14(13-21)11-15(17)12-19/h6-7,11,13,16H,4-5,8-10H2,1-3H3. The molecule has 21 heavy (non-hydrogen) atoms. The fraction of sp³-hybridized carbons (Fsp3) is 0.556. The van der Waals surface area contributed by atoms with Crippen LogP contribution in [0.15, 0.2) is 18.2 Å². The van der Waals surface area contributed by atoms with Crippen molar-refractivity contribution >= 4 is 12.0 Å². The van der Waals surface area contributed by atoms with Crippen molar-refractivity contribution in [1.29, 1.82) is 5.26 Å². The number of carbonyl (C=O) groups excluding carboxylic acids is 1. The second kappa shape index (κ2) is 6.30. The Balaban J connectivity index is 2.20. The van der Waals surface area contributed by atoms with E-state index in [1.807, 2.05) is 6.07 Å². The highest BCUT2D eigenvalue weighted by molar-refractivity contribution is 5.78. The zero-order valence-electron chi connectivity index (χ0n) is 13.2. The first-order valence-electron chi connectivity index (χ1n) is 7.70. The van der Waals surface area contributed by atoms with Gasteiger partial charge in [0.15, 0.2) is 0 Å². The molecule has 1 aliphatic rings. The maximum atomic E-state index is 10.8. The Morgan fingerprint density at radius 2 is 2.05 bits per heavy atom. The summed E-state index contributed by atoms with van der Waals surface area (Å²) in [6.45, 7) is 8.91. The number of nitrogens with zero attached hydrogens (tertiary/aromatic N) is 2. The topological polar surface area (TPSA) is 44.1 Å². The Kier molecular flexibility index (Phi) is 4.67. The van der Waals surface area contributed by atoms with E-state index in [4.69, 9.17) is 0 Å². The smallest absolute Gasteiger partial charge is 0.150 e. The molecule has 0 N–H and O–H groups in total. The van der Waals surface area contributed by atoms with Crippen LogP contribution in [0.2, 0.25) is 0 Å². The molecule has 3 nitrogen and oxygen atoms in total. The third kappa shape index (κ3) is 3.64. The summed E-state index contributed by atoms with van der Waals surface area (Å²) in [5.74, 6) is 0.724. The van der Waals surface area contributed by atoms with Crippen LogP contribution >= 0.6 is 0 Å². The van der Waals surface area contributed by atoms with Gasteiger partial charge in [-0.05, 0) is 48.8 Å². The van der Waals surface area contributed by atoms with Crippen molar-refractivity contribution in [2.24, 2.45) is 11.3 Å². The summed E-state index contributed by atoms with van der Waals surface area (Å²) in [5, 5.41) is 9.33. The van der Waals surface area contributed by atoms with Gasteiger partial charge < -0.3 is 4.90 Å². The molecular formula is C18H24N2O. The molecule has 1 atom stereocenters. The summed E-state index contributed by atoms with van der Waals surface area (Å²) in [6, 6.07) is 7.64. The van der Waals surface area contributed by atoms with Crippen molar-refractivity contribution in [3.63, 3.8) is 0 Å². The monoisotopic (exact) mass is 284 g/mol. The van der Waals surface area contributed by atoms with E-state index in [9.17, 15) is 10.1 Å². The van der Waals surface area contributed by atoms with Crippen molar-refractivity contribution in [1.82, 2.24) is 0 Å².